The molecule has 1 unspecified atom stereocenters. The van der Waals surface area contributed by atoms with Crippen molar-refractivity contribution in [1.29, 1.82) is 0 Å². The van der Waals surface area contributed by atoms with Gasteiger partial charge in [-0.15, -0.1) is 0 Å². The fourth-order valence-electron chi connectivity index (χ4n) is 0.568. The minimum absolute atomic E-state index is 0. The summed E-state index contributed by atoms with van der Waals surface area (Å²) >= 11 is 0. The van der Waals surface area contributed by atoms with Gasteiger partial charge in [0.15, 0.2) is 6.29 Å². The zero-order valence-electron chi connectivity index (χ0n) is 6.79. The number of carbonyl (C=O) groups excluding carboxylic acids is 1. The summed E-state index contributed by atoms with van der Waals surface area (Å²) in [6.07, 6.45) is -5.88. The van der Waals surface area contributed by atoms with E-state index in [0.29, 0.717) is 0 Å². The Bertz CT molecular complexity index is 129. The molecule has 0 aromatic carbocycles. The van der Waals surface area contributed by atoms with Crippen LogP contribution in [-0.4, -0.2) is 51.1 Å². The predicted molar refractivity (Wildman–Crippen MR) is 46.9 cm³/mol. The number of hydrogen-bond donors (Lipinski definition) is 4. The minimum Gasteiger partial charge on any atom is -0.391 e. The molecule has 0 aliphatic heterocycles. The van der Waals surface area contributed by atoms with E-state index in [9.17, 15) is 4.79 Å². The molecule has 6 heteroatoms. The van der Waals surface area contributed by atoms with Gasteiger partial charge in [0, 0.05) is 0 Å². The van der Waals surface area contributed by atoms with E-state index < -0.39 is 24.4 Å². The highest BCUT2D eigenvalue weighted by Crippen LogP contribution is 2.02. The van der Waals surface area contributed by atoms with E-state index in [1.165, 1.54) is 6.92 Å². The third-order valence-electron chi connectivity index (χ3n) is 1.33. The van der Waals surface area contributed by atoms with E-state index in [0.717, 1.165) is 0 Å². The van der Waals surface area contributed by atoms with Gasteiger partial charge in [-0.3, -0.25) is 0 Å². The Morgan fingerprint density at radius 1 is 1.08 bits per heavy atom. The van der Waals surface area contributed by atoms with Crippen molar-refractivity contribution in [1.82, 2.24) is 0 Å². The largest absolute Gasteiger partial charge is 0.391 e. The molecule has 0 spiro atoms. The third kappa shape index (κ3) is 4.09. The Balaban J connectivity index is 0. The molecule has 12 heavy (non-hydrogen) atoms. The monoisotopic (exact) mass is 198 g/mol. The van der Waals surface area contributed by atoms with Crippen molar-refractivity contribution in [3.63, 3.8) is 0 Å². The van der Waals surface area contributed by atoms with Gasteiger partial charge in [-0.05, 0) is 6.92 Å². The zero-order chi connectivity index (χ0) is 9.02. The average molecular weight is 198 g/mol. The third-order valence-corrected chi connectivity index (χ3v) is 1.33. The van der Waals surface area contributed by atoms with Crippen LogP contribution in [0.1, 0.15) is 6.92 Å². The Kier molecular flexibility index (Phi) is 7.78. The molecule has 4 N–H and O–H groups in total. The van der Waals surface area contributed by atoms with Crippen LogP contribution in [0.25, 0.3) is 0 Å². The fourth-order valence-corrected chi connectivity index (χ4v) is 0.568. The van der Waals surface area contributed by atoms with Crippen LogP contribution < -0.4 is 0 Å². The van der Waals surface area contributed by atoms with Crippen molar-refractivity contribution in [3.8, 4) is 0 Å². The van der Waals surface area contributed by atoms with Gasteiger partial charge in [0.2, 0.25) is 0 Å². The zero-order valence-corrected chi connectivity index (χ0v) is 8.21. The smallest absolute Gasteiger partial charge is 0.151 e. The van der Waals surface area contributed by atoms with Crippen molar-refractivity contribution in [2.24, 2.45) is 0 Å². The normalized spacial score (nSPS) is 20.1. The summed E-state index contributed by atoms with van der Waals surface area (Å²) in [7, 11) is 0. The molecule has 0 radical (unpaired) electrons. The summed E-state index contributed by atoms with van der Waals surface area (Å²) in [5.74, 6) is 0. The second kappa shape index (κ2) is 6.46. The lowest BCUT2D eigenvalue weighted by Gasteiger charge is -2.21. The lowest BCUT2D eigenvalue weighted by molar-refractivity contribution is -0.132. The molecule has 0 saturated carbocycles. The van der Waals surface area contributed by atoms with Gasteiger partial charge in [-0.25, -0.2) is 0 Å². The lowest BCUT2D eigenvalue weighted by atomic mass is 10.1. The van der Waals surface area contributed by atoms with Crippen molar-refractivity contribution < 1.29 is 25.2 Å². The summed E-state index contributed by atoms with van der Waals surface area (Å²) < 4.78 is 0. The van der Waals surface area contributed by atoms with E-state index in [1.807, 2.05) is 0 Å². The molecule has 0 bridgehead atoms. The van der Waals surface area contributed by atoms with Gasteiger partial charge in [-0.2, -0.15) is 9.90 Å². The molecule has 0 aromatic rings. The molecule has 74 valence electrons. The van der Waals surface area contributed by atoms with E-state index >= 15 is 0 Å². The summed E-state index contributed by atoms with van der Waals surface area (Å²) in [5.41, 5.74) is 0. The summed E-state index contributed by atoms with van der Waals surface area (Å²) in [6, 6.07) is 0. The maximum Gasteiger partial charge on any atom is 0.151 e. The van der Waals surface area contributed by atoms with Crippen LogP contribution in [0.4, 0.5) is 0 Å². The van der Waals surface area contributed by atoms with Crippen LogP contribution in [0.15, 0.2) is 0 Å². The Morgan fingerprint density at radius 3 is 1.75 bits per heavy atom. The highest BCUT2D eigenvalue weighted by molar-refractivity contribution is 6.92. The van der Waals surface area contributed by atoms with Crippen LogP contribution in [0, 0.1) is 0 Å². The molecule has 0 fully saturated rings. The molecule has 0 saturated heterocycles. The molecule has 0 aromatic heterocycles. The second-order valence-corrected chi connectivity index (χ2v) is 2.35. The number of aliphatic hydroxyl groups excluding tert-OH is 4. The van der Waals surface area contributed by atoms with Crippen molar-refractivity contribution >= 4 is 16.2 Å². The van der Waals surface area contributed by atoms with E-state index in [-0.39, 0.29) is 16.2 Å². The quantitative estimate of drug-likeness (QED) is 0.301. The number of rotatable bonds is 4. The minimum atomic E-state index is -1.65. The standard InChI is InChI=1S/C6H12O5.H3P/c1-3(8)5(10)6(11)4(9)2-7;/h2-6,8-11H,1H3;1H3/t3-,4+,5-,6-;/m1./s1. The van der Waals surface area contributed by atoms with Crippen LogP contribution in [0.2, 0.25) is 0 Å². The Labute approximate surface area is 73.7 Å². The number of hydrogen-bond acceptors (Lipinski definition) is 5. The Hall–Kier alpha value is -0.0600. The van der Waals surface area contributed by atoms with Crippen LogP contribution in [-0.2, 0) is 4.79 Å². The van der Waals surface area contributed by atoms with Crippen molar-refractivity contribution in [2.45, 2.75) is 31.3 Å². The van der Waals surface area contributed by atoms with E-state index in [2.05, 4.69) is 0 Å². The topological polar surface area (TPSA) is 98.0 Å². The molecule has 0 amide bonds. The molecule has 0 rings (SSSR count). The molecule has 0 aliphatic rings. The highest BCUT2D eigenvalue weighted by atomic mass is 31.0. The van der Waals surface area contributed by atoms with Crippen molar-refractivity contribution in [3.05, 3.63) is 0 Å². The summed E-state index contributed by atoms with van der Waals surface area (Å²) in [5, 5.41) is 35.1. The lowest BCUT2D eigenvalue weighted by Crippen LogP contribution is -2.43. The summed E-state index contributed by atoms with van der Waals surface area (Å²) in [4.78, 5) is 9.87. The molecule has 5 atom stereocenters. The van der Waals surface area contributed by atoms with Gasteiger partial charge < -0.3 is 25.2 Å². The van der Waals surface area contributed by atoms with E-state index in [4.69, 9.17) is 20.4 Å². The first kappa shape index (κ1) is 14.5. The predicted octanol–water partition coefficient (Wildman–Crippen LogP) is -2.29. The highest BCUT2D eigenvalue weighted by Gasteiger charge is 2.27. The summed E-state index contributed by atoms with van der Waals surface area (Å²) in [6.45, 7) is 1.24. The maximum absolute atomic E-state index is 9.87. The first-order valence-electron chi connectivity index (χ1n) is 3.18. The van der Waals surface area contributed by atoms with Crippen LogP contribution in [0.3, 0.4) is 0 Å². The van der Waals surface area contributed by atoms with E-state index in [1.54, 1.807) is 0 Å². The number of carbonyl (C=O) groups is 1. The molecule has 0 aliphatic carbocycles. The van der Waals surface area contributed by atoms with Gasteiger partial charge in [0.1, 0.15) is 18.3 Å². The molecular formula is C6H15O5P. The number of aldehydes is 1. The van der Waals surface area contributed by atoms with Crippen LogP contribution >= 0.6 is 9.90 Å². The van der Waals surface area contributed by atoms with Gasteiger partial charge >= 0.3 is 0 Å². The molecule has 0 heterocycles. The second-order valence-electron chi connectivity index (χ2n) is 2.35. The van der Waals surface area contributed by atoms with Gasteiger partial charge in [0.05, 0.1) is 6.10 Å². The average Bonchev–Trinajstić information content (AvgIpc) is 2.00. The SMILES string of the molecule is C[C@@H](O)[C@@H](O)[C@H](O)[C@@H](O)C=O.P. The fraction of sp³-hybridized carbons (Fsp3) is 0.833. The Morgan fingerprint density at radius 2 is 1.50 bits per heavy atom. The molecule has 5 nitrogen and oxygen atoms in total. The molecular weight excluding hydrogens is 183 g/mol. The van der Waals surface area contributed by atoms with Crippen molar-refractivity contribution in [2.75, 3.05) is 0 Å². The van der Waals surface area contributed by atoms with Crippen LogP contribution in [0.5, 0.6) is 0 Å². The number of aliphatic hydroxyl groups is 4. The maximum atomic E-state index is 9.87. The first-order chi connectivity index (χ1) is 5.00. The van der Waals surface area contributed by atoms with Gasteiger partial charge in [-0.1, -0.05) is 0 Å². The van der Waals surface area contributed by atoms with Gasteiger partial charge in [0.25, 0.3) is 0 Å². The first-order valence-corrected chi connectivity index (χ1v) is 3.18.